The summed E-state index contributed by atoms with van der Waals surface area (Å²) in [6.07, 6.45) is 4.25. The number of rotatable bonds is 1. The molecule has 1 aromatic rings. The third-order valence-corrected chi connectivity index (χ3v) is 3.68. The second-order valence-electron chi connectivity index (χ2n) is 5.39. The fourth-order valence-electron chi connectivity index (χ4n) is 2.66. The van der Waals surface area contributed by atoms with Gasteiger partial charge < -0.3 is 15.5 Å². The molecule has 1 aromatic heterocycles. The molecule has 1 aliphatic rings. The normalized spacial score (nSPS) is 19.6. The SMILES string of the molecule is CC1CN(C)CCCN1C(=O)c1ccncc1C#CCN. The molecule has 5 heteroatoms. The van der Waals surface area contributed by atoms with Gasteiger partial charge in [0.15, 0.2) is 0 Å². The number of amides is 1. The van der Waals surface area contributed by atoms with Gasteiger partial charge in [-0.05, 0) is 33.0 Å². The lowest BCUT2D eigenvalue weighted by Crippen LogP contribution is -2.42. The fourth-order valence-corrected chi connectivity index (χ4v) is 2.66. The van der Waals surface area contributed by atoms with Crippen LogP contribution in [-0.2, 0) is 0 Å². The summed E-state index contributed by atoms with van der Waals surface area (Å²) in [7, 11) is 2.09. The van der Waals surface area contributed by atoms with Crippen LogP contribution >= 0.6 is 0 Å². The van der Waals surface area contributed by atoms with Gasteiger partial charge in [0.05, 0.1) is 17.7 Å². The molecule has 5 nitrogen and oxygen atoms in total. The van der Waals surface area contributed by atoms with Crippen LogP contribution in [-0.4, -0.2) is 60.0 Å². The fraction of sp³-hybridized carbons (Fsp3) is 0.500. The van der Waals surface area contributed by atoms with Crippen molar-refractivity contribution >= 4 is 5.91 Å². The number of aromatic nitrogens is 1. The van der Waals surface area contributed by atoms with Crippen molar-refractivity contribution in [3.63, 3.8) is 0 Å². The molecule has 1 saturated heterocycles. The average molecular weight is 286 g/mol. The predicted molar refractivity (Wildman–Crippen MR) is 82.8 cm³/mol. The third kappa shape index (κ3) is 3.81. The molecule has 0 radical (unpaired) electrons. The molecular formula is C16H22N4O. The van der Waals surface area contributed by atoms with Crippen molar-refractivity contribution in [3.8, 4) is 11.8 Å². The summed E-state index contributed by atoms with van der Waals surface area (Å²) in [6.45, 7) is 5.04. The van der Waals surface area contributed by atoms with E-state index in [9.17, 15) is 4.79 Å². The van der Waals surface area contributed by atoms with Crippen LogP contribution in [0.15, 0.2) is 18.5 Å². The van der Waals surface area contributed by atoms with Crippen molar-refractivity contribution in [2.45, 2.75) is 19.4 Å². The maximum atomic E-state index is 12.8. The Balaban J connectivity index is 2.27. The number of carbonyl (C=O) groups is 1. The highest BCUT2D eigenvalue weighted by Crippen LogP contribution is 2.15. The Morgan fingerprint density at radius 1 is 1.52 bits per heavy atom. The van der Waals surface area contributed by atoms with E-state index in [4.69, 9.17) is 5.73 Å². The summed E-state index contributed by atoms with van der Waals surface area (Å²) in [5.74, 6) is 5.76. The zero-order valence-electron chi connectivity index (χ0n) is 12.7. The van der Waals surface area contributed by atoms with Crippen molar-refractivity contribution in [1.82, 2.24) is 14.8 Å². The second kappa shape index (κ2) is 7.21. The molecule has 1 unspecified atom stereocenters. The Kier molecular flexibility index (Phi) is 5.32. The summed E-state index contributed by atoms with van der Waals surface area (Å²) < 4.78 is 0. The van der Waals surface area contributed by atoms with Crippen LogP contribution in [0.25, 0.3) is 0 Å². The maximum absolute atomic E-state index is 12.8. The summed E-state index contributed by atoms with van der Waals surface area (Å²) in [5, 5.41) is 0. The van der Waals surface area contributed by atoms with Crippen LogP contribution in [0, 0.1) is 11.8 Å². The van der Waals surface area contributed by atoms with E-state index in [0.717, 1.165) is 26.1 Å². The molecule has 2 N–H and O–H groups in total. The monoisotopic (exact) mass is 286 g/mol. The molecule has 1 atom stereocenters. The predicted octanol–water partition coefficient (Wildman–Crippen LogP) is 0.558. The molecular weight excluding hydrogens is 264 g/mol. The summed E-state index contributed by atoms with van der Waals surface area (Å²) in [6, 6.07) is 1.93. The zero-order valence-corrected chi connectivity index (χ0v) is 12.7. The van der Waals surface area contributed by atoms with Gasteiger partial charge in [0.25, 0.3) is 5.91 Å². The molecule has 0 aliphatic carbocycles. The summed E-state index contributed by atoms with van der Waals surface area (Å²) >= 11 is 0. The van der Waals surface area contributed by atoms with E-state index < -0.39 is 0 Å². The average Bonchev–Trinajstić information content (AvgIpc) is 2.65. The number of hydrogen-bond acceptors (Lipinski definition) is 4. The first-order chi connectivity index (χ1) is 10.1. The number of nitrogens with zero attached hydrogens (tertiary/aromatic N) is 3. The molecule has 0 spiro atoms. The zero-order chi connectivity index (χ0) is 15.2. The molecule has 0 aromatic carbocycles. The molecule has 2 heterocycles. The molecule has 1 aliphatic heterocycles. The van der Waals surface area contributed by atoms with E-state index in [2.05, 4.69) is 35.7 Å². The number of likely N-dealkylation sites (N-methyl/N-ethyl adjacent to an activating group) is 1. The van der Waals surface area contributed by atoms with Crippen molar-refractivity contribution in [3.05, 3.63) is 29.6 Å². The minimum atomic E-state index is 0.0292. The Morgan fingerprint density at radius 2 is 2.33 bits per heavy atom. The lowest BCUT2D eigenvalue weighted by molar-refractivity contribution is 0.0696. The van der Waals surface area contributed by atoms with Gasteiger partial charge in [0, 0.05) is 31.5 Å². The first-order valence-electron chi connectivity index (χ1n) is 7.26. The Hall–Kier alpha value is -1.90. The van der Waals surface area contributed by atoms with E-state index in [1.807, 2.05) is 4.90 Å². The number of hydrogen-bond donors (Lipinski definition) is 1. The van der Waals surface area contributed by atoms with Crippen LogP contribution < -0.4 is 5.73 Å². The van der Waals surface area contributed by atoms with Crippen LogP contribution in [0.4, 0.5) is 0 Å². The second-order valence-corrected chi connectivity index (χ2v) is 5.39. The maximum Gasteiger partial charge on any atom is 0.255 e. The van der Waals surface area contributed by atoms with Crippen LogP contribution in [0.2, 0.25) is 0 Å². The minimum Gasteiger partial charge on any atom is -0.335 e. The molecule has 1 amide bonds. The minimum absolute atomic E-state index is 0.0292. The smallest absolute Gasteiger partial charge is 0.255 e. The van der Waals surface area contributed by atoms with Crippen molar-refractivity contribution in [2.24, 2.45) is 5.73 Å². The van der Waals surface area contributed by atoms with Gasteiger partial charge in [-0.2, -0.15) is 0 Å². The first-order valence-corrected chi connectivity index (χ1v) is 7.26. The van der Waals surface area contributed by atoms with Gasteiger partial charge in [-0.3, -0.25) is 9.78 Å². The molecule has 1 fully saturated rings. The Morgan fingerprint density at radius 3 is 3.10 bits per heavy atom. The van der Waals surface area contributed by atoms with Crippen LogP contribution in [0.5, 0.6) is 0 Å². The third-order valence-electron chi connectivity index (χ3n) is 3.68. The van der Waals surface area contributed by atoms with E-state index >= 15 is 0 Å². The van der Waals surface area contributed by atoms with Gasteiger partial charge in [-0.1, -0.05) is 11.8 Å². The topological polar surface area (TPSA) is 62.5 Å². The molecule has 0 saturated carbocycles. The molecule has 0 bridgehead atoms. The molecule has 2 rings (SSSR count). The lowest BCUT2D eigenvalue weighted by Gasteiger charge is -2.28. The van der Waals surface area contributed by atoms with Gasteiger partial charge >= 0.3 is 0 Å². The van der Waals surface area contributed by atoms with Crippen molar-refractivity contribution < 1.29 is 4.79 Å². The van der Waals surface area contributed by atoms with Crippen molar-refractivity contribution in [2.75, 3.05) is 33.2 Å². The summed E-state index contributed by atoms with van der Waals surface area (Å²) in [4.78, 5) is 21.1. The van der Waals surface area contributed by atoms with Gasteiger partial charge in [-0.25, -0.2) is 0 Å². The molecule has 21 heavy (non-hydrogen) atoms. The largest absolute Gasteiger partial charge is 0.335 e. The Labute approximate surface area is 126 Å². The van der Waals surface area contributed by atoms with Gasteiger partial charge in [0.1, 0.15) is 0 Å². The highest BCUT2D eigenvalue weighted by atomic mass is 16.2. The molecule has 112 valence electrons. The standard InChI is InChI=1S/C16H22N4O/c1-13-12-19(2)9-4-10-20(13)16(21)15-6-8-18-11-14(15)5-3-7-17/h6,8,11,13H,4,7,9-10,12,17H2,1-2H3. The van der Waals surface area contributed by atoms with E-state index in [-0.39, 0.29) is 18.5 Å². The number of pyridine rings is 1. The number of carbonyl (C=O) groups excluding carboxylic acids is 1. The van der Waals surface area contributed by atoms with Gasteiger partial charge in [0.2, 0.25) is 0 Å². The summed E-state index contributed by atoms with van der Waals surface area (Å²) in [5.41, 5.74) is 6.67. The van der Waals surface area contributed by atoms with E-state index in [1.165, 1.54) is 0 Å². The van der Waals surface area contributed by atoms with Crippen LogP contribution in [0.1, 0.15) is 29.3 Å². The number of nitrogens with two attached hydrogens (primary N) is 1. The van der Waals surface area contributed by atoms with Crippen molar-refractivity contribution in [1.29, 1.82) is 0 Å². The highest BCUT2D eigenvalue weighted by Gasteiger charge is 2.26. The quantitative estimate of drug-likeness (QED) is 0.766. The Bertz CT molecular complexity index is 561. The van der Waals surface area contributed by atoms with Gasteiger partial charge in [-0.15, -0.1) is 0 Å². The first kappa shape index (κ1) is 15.5. The van der Waals surface area contributed by atoms with Crippen LogP contribution in [0.3, 0.4) is 0 Å². The highest BCUT2D eigenvalue weighted by molar-refractivity contribution is 5.96. The van der Waals surface area contributed by atoms with E-state index in [1.54, 1.807) is 18.5 Å². The van der Waals surface area contributed by atoms with E-state index in [0.29, 0.717) is 11.1 Å². The lowest BCUT2D eigenvalue weighted by atomic mass is 10.1.